The van der Waals surface area contributed by atoms with Crippen molar-refractivity contribution in [1.82, 2.24) is 4.90 Å². The first-order chi connectivity index (χ1) is 10.5. The molecule has 22 heavy (non-hydrogen) atoms. The van der Waals surface area contributed by atoms with E-state index in [0.29, 0.717) is 18.9 Å². The van der Waals surface area contributed by atoms with Gasteiger partial charge in [0.2, 0.25) is 5.91 Å². The number of amides is 1. The van der Waals surface area contributed by atoms with Crippen LogP contribution in [0.3, 0.4) is 0 Å². The predicted molar refractivity (Wildman–Crippen MR) is 86.0 cm³/mol. The maximum Gasteiger partial charge on any atom is 0.307 e. The summed E-state index contributed by atoms with van der Waals surface area (Å²) in [5.74, 6) is -0.754. The van der Waals surface area contributed by atoms with Crippen LogP contribution < -0.4 is 5.32 Å². The molecule has 2 rings (SSSR count). The normalized spacial score (nSPS) is 19.1. The van der Waals surface area contributed by atoms with Crippen molar-refractivity contribution in [3.63, 3.8) is 0 Å². The topological polar surface area (TPSA) is 69.6 Å². The zero-order valence-electron chi connectivity index (χ0n) is 13.2. The number of carbonyl (C=O) groups excluding carboxylic acids is 1. The molecule has 1 amide bonds. The molecule has 0 spiro atoms. The Morgan fingerprint density at radius 2 is 2.00 bits per heavy atom. The summed E-state index contributed by atoms with van der Waals surface area (Å²) in [5.41, 5.74) is 2.01. The highest BCUT2D eigenvalue weighted by Gasteiger charge is 2.26. The highest BCUT2D eigenvalue weighted by Crippen LogP contribution is 2.18. The van der Waals surface area contributed by atoms with Gasteiger partial charge in [0, 0.05) is 12.2 Å². The zero-order valence-corrected chi connectivity index (χ0v) is 13.2. The maximum atomic E-state index is 12.1. The number of benzene rings is 1. The van der Waals surface area contributed by atoms with Crippen molar-refractivity contribution in [2.24, 2.45) is 5.92 Å². The van der Waals surface area contributed by atoms with E-state index in [0.717, 1.165) is 18.7 Å². The Morgan fingerprint density at radius 1 is 1.32 bits per heavy atom. The quantitative estimate of drug-likeness (QED) is 0.877. The van der Waals surface area contributed by atoms with Crippen LogP contribution in [0.15, 0.2) is 24.3 Å². The molecular formula is C17H24N2O3. The third-order valence-electron chi connectivity index (χ3n) is 4.08. The van der Waals surface area contributed by atoms with Crippen LogP contribution in [0.1, 0.15) is 38.2 Å². The number of carboxylic acids is 1. The van der Waals surface area contributed by atoms with Crippen LogP contribution in [0.5, 0.6) is 0 Å². The summed E-state index contributed by atoms with van der Waals surface area (Å²) >= 11 is 0. The summed E-state index contributed by atoms with van der Waals surface area (Å²) in [6.07, 6.45) is 1.53. The van der Waals surface area contributed by atoms with Crippen LogP contribution in [0.4, 0.5) is 5.69 Å². The van der Waals surface area contributed by atoms with E-state index in [1.807, 2.05) is 29.2 Å². The van der Waals surface area contributed by atoms with E-state index in [4.69, 9.17) is 5.11 Å². The molecule has 0 radical (unpaired) electrons. The number of likely N-dealkylation sites (tertiary alicyclic amines) is 1. The second-order valence-electron chi connectivity index (χ2n) is 6.24. The van der Waals surface area contributed by atoms with Gasteiger partial charge in [0.15, 0.2) is 0 Å². The van der Waals surface area contributed by atoms with Crippen molar-refractivity contribution < 1.29 is 14.7 Å². The van der Waals surface area contributed by atoms with E-state index in [-0.39, 0.29) is 18.4 Å². The molecular weight excluding hydrogens is 280 g/mol. The van der Waals surface area contributed by atoms with Crippen LogP contribution in [0, 0.1) is 5.92 Å². The van der Waals surface area contributed by atoms with E-state index in [1.165, 1.54) is 5.56 Å². The van der Waals surface area contributed by atoms with Gasteiger partial charge < -0.3 is 10.4 Å². The van der Waals surface area contributed by atoms with Crippen molar-refractivity contribution in [3.05, 3.63) is 29.8 Å². The smallest absolute Gasteiger partial charge is 0.307 e. The number of anilines is 1. The lowest BCUT2D eigenvalue weighted by Gasteiger charge is -2.29. The minimum atomic E-state index is -0.769. The molecule has 0 saturated carbocycles. The number of hydrogen-bond acceptors (Lipinski definition) is 3. The van der Waals surface area contributed by atoms with Crippen molar-refractivity contribution in [1.29, 1.82) is 0 Å². The molecule has 1 aromatic rings. The third-order valence-corrected chi connectivity index (χ3v) is 4.08. The van der Waals surface area contributed by atoms with E-state index in [9.17, 15) is 9.59 Å². The second kappa shape index (κ2) is 7.40. The molecule has 2 N–H and O–H groups in total. The SMILES string of the molecule is CC(C)c1ccc(NC(=O)CN2CCCC(C(=O)O)C2)cc1. The number of nitrogens with one attached hydrogen (secondary N) is 1. The minimum absolute atomic E-state index is 0.0941. The first-order valence-corrected chi connectivity index (χ1v) is 7.80. The molecule has 0 aromatic heterocycles. The largest absolute Gasteiger partial charge is 0.481 e. The maximum absolute atomic E-state index is 12.1. The molecule has 1 fully saturated rings. The second-order valence-corrected chi connectivity index (χ2v) is 6.24. The van der Waals surface area contributed by atoms with Crippen LogP contribution in [-0.4, -0.2) is 41.5 Å². The number of rotatable bonds is 5. The molecule has 0 bridgehead atoms. The van der Waals surface area contributed by atoms with Crippen molar-refractivity contribution in [2.45, 2.75) is 32.6 Å². The summed E-state index contributed by atoms with van der Waals surface area (Å²) in [6, 6.07) is 7.84. The van der Waals surface area contributed by atoms with E-state index >= 15 is 0 Å². The third kappa shape index (κ3) is 4.56. The van der Waals surface area contributed by atoms with Gasteiger partial charge in [0.1, 0.15) is 0 Å². The first kappa shape index (κ1) is 16.5. The van der Waals surface area contributed by atoms with Gasteiger partial charge in [-0.3, -0.25) is 14.5 Å². The Kier molecular flexibility index (Phi) is 5.55. The van der Waals surface area contributed by atoms with E-state index < -0.39 is 5.97 Å². The van der Waals surface area contributed by atoms with Crippen molar-refractivity contribution in [3.8, 4) is 0 Å². The molecule has 1 atom stereocenters. The van der Waals surface area contributed by atoms with E-state index in [2.05, 4.69) is 19.2 Å². The molecule has 0 aliphatic carbocycles. The fourth-order valence-corrected chi connectivity index (χ4v) is 2.76. The van der Waals surface area contributed by atoms with Crippen LogP contribution in [0.25, 0.3) is 0 Å². The van der Waals surface area contributed by atoms with E-state index in [1.54, 1.807) is 0 Å². The van der Waals surface area contributed by atoms with Gasteiger partial charge in [-0.05, 0) is 43.0 Å². The lowest BCUT2D eigenvalue weighted by molar-refractivity contribution is -0.144. The zero-order chi connectivity index (χ0) is 16.1. The van der Waals surface area contributed by atoms with Gasteiger partial charge >= 0.3 is 5.97 Å². The number of aliphatic carboxylic acids is 1. The summed E-state index contributed by atoms with van der Waals surface area (Å²) in [5, 5.41) is 11.9. The Morgan fingerprint density at radius 3 is 2.59 bits per heavy atom. The predicted octanol–water partition coefficient (Wildman–Crippen LogP) is 2.55. The Bertz CT molecular complexity index is 525. The average Bonchev–Trinajstić information content (AvgIpc) is 2.47. The molecule has 5 heteroatoms. The molecule has 1 saturated heterocycles. The van der Waals surface area contributed by atoms with Gasteiger partial charge in [-0.15, -0.1) is 0 Å². The first-order valence-electron chi connectivity index (χ1n) is 7.80. The van der Waals surface area contributed by atoms with Gasteiger partial charge in [-0.25, -0.2) is 0 Å². The summed E-state index contributed by atoms with van der Waals surface area (Å²) in [6.45, 7) is 5.74. The number of carboxylic acid groups (broad SMARTS) is 1. The molecule has 1 aromatic carbocycles. The van der Waals surface area contributed by atoms with Crippen LogP contribution in [-0.2, 0) is 9.59 Å². The highest BCUT2D eigenvalue weighted by molar-refractivity contribution is 5.92. The van der Waals surface area contributed by atoms with Crippen LogP contribution in [0.2, 0.25) is 0 Å². The number of carbonyl (C=O) groups is 2. The van der Waals surface area contributed by atoms with Crippen LogP contribution >= 0.6 is 0 Å². The Balaban J connectivity index is 1.86. The Hall–Kier alpha value is -1.88. The molecule has 1 unspecified atom stereocenters. The average molecular weight is 304 g/mol. The highest BCUT2D eigenvalue weighted by atomic mass is 16.4. The fourth-order valence-electron chi connectivity index (χ4n) is 2.76. The summed E-state index contributed by atoms with van der Waals surface area (Å²) in [7, 11) is 0. The fraction of sp³-hybridized carbons (Fsp3) is 0.529. The minimum Gasteiger partial charge on any atom is -0.481 e. The molecule has 1 aliphatic rings. The lowest BCUT2D eigenvalue weighted by Crippen LogP contribution is -2.42. The summed E-state index contributed by atoms with van der Waals surface area (Å²) in [4.78, 5) is 25.0. The van der Waals surface area contributed by atoms with Crippen molar-refractivity contribution >= 4 is 17.6 Å². The van der Waals surface area contributed by atoms with Gasteiger partial charge in [0.05, 0.1) is 12.5 Å². The van der Waals surface area contributed by atoms with Gasteiger partial charge in [0.25, 0.3) is 0 Å². The standard InChI is InChI=1S/C17H24N2O3/c1-12(2)13-5-7-15(8-6-13)18-16(20)11-19-9-3-4-14(10-19)17(21)22/h5-8,12,14H,3-4,9-11H2,1-2H3,(H,18,20)(H,21,22). The van der Waals surface area contributed by atoms with Gasteiger partial charge in [-0.1, -0.05) is 26.0 Å². The Labute approximate surface area is 131 Å². The molecule has 120 valence electrons. The molecule has 1 heterocycles. The lowest BCUT2D eigenvalue weighted by atomic mass is 9.98. The number of piperidine rings is 1. The monoisotopic (exact) mass is 304 g/mol. The number of hydrogen-bond donors (Lipinski definition) is 2. The number of nitrogens with zero attached hydrogens (tertiary/aromatic N) is 1. The van der Waals surface area contributed by atoms with Gasteiger partial charge in [-0.2, -0.15) is 0 Å². The molecule has 1 aliphatic heterocycles. The molecule has 5 nitrogen and oxygen atoms in total. The van der Waals surface area contributed by atoms with Crippen molar-refractivity contribution in [2.75, 3.05) is 25.0 Å². The summed E-state index contributed by atoms with van der Waals surface area (Å²) < 4.78 is 0.